The van der Waals surface area contributed by atoms with E-state index in [0.29, 0.717) is 17.9 Å². The van der Waals surface area contributed by atoms with Crippen LogP contribution in [0.25, 0.3) is 0 Å². The first-order valence-corrected chi connectivity index (χ1v) is 6.09. The van der Waals surface area contributed by atoms with Crippen molar-refractivity contribution in [3.63, 3.8) is 0 Å². The fraction of sp³-hybridized carbons (Fsp3) is 0.615. The van der Waals surface area contributed by atoms with Crippen LogP contribution in [0.3, 0.4) is 0 Å². The molecule has 1 amide bonds. The largest absolute Gasteiger partial charge is 0.466 e. The van der Waals surface area contributed by atoms with Crippen molar-refractivity contribution in [3.8, 4) is 0 Å². The number of amides is 1. The third-order valence-electron chi connectivity index (χ3n) is 3.34. The maximum atomic E-state index is 12.3. The Hall–Kier alpha value is -1.29. The molecule has 94 valence electrons. The summed E-state index contributed by atoms with van der Waals surface area (Å²) in [5.74, 6) is 1.69. The molecule has 1 aromatic heterocycles. The second kappa shape index (κ2) is 4.92. The summed E-state index contributed by atoms with van der Waals surface area (Å²) in [7, 11) is 0. The Morgan fingerprint density at radius 2 is 2.35 bits per heavy atom. The minimum Gasteiger partial charge on any atom is -0.466 e. The van der Waals surface area contributed by atoms with Gasteiger partial charge in [0.15, 0.2) is 0 Å². The van der Waals surface area contributed by atoms with E-state index in [1.165, 1.54) is 0 Å². The van der Waals surface area contributed by atoms with E-state index in [-0.39, 0.29) is 18.4 Å². The number of aliphatic hydroxyl groups is 1. The maximum Gasteiger partial charge on any atom is 0.257 e. The van der Waals surface area contributed by atoms with Crippen LogP contribution in [0.2, 0.25) is 0 Å². The van der Waals surface area contributed by atoms with Crippen LogP contribution in [0.15, 0.2) is 10.5 Å². The Bertz CT molecular complexity index is 411. The Labute approximate surface area is 101 Å². The summed E-state index contributed by atoms with van der Waals surface area (Å²) in [5.41, 5.74) is 0.654. The number of piperidine rings is 1. The second-order valence-electron chi connectivity index (χ2n) is 4.77. The van der Waals surface area contributed by atoms with Gasteiger partial charge in [-0.25, -0.2) is 0 Å². The standard InChI is InChI=1S/C13H19NO3/c1-9-6-12(10(2)17-9)13(16)14-5-3-4-11(7-14)8-15/h6,11,15H,3-5,7-8H2,1-2H3. The van der Waals surface area contributed by atoms with Gasteiger partial charge < -0.3 is 14.4 Å². The predicted molar refractivity (Wildman–Crippen MR) is 63.9 cm³/mol. The van der Waals surface area contributed by atoms with Gasteiger partial charge in [-0.05, 0) is 38.7 Å². The number of likely N-dealkylation sites (tertiary alicyclic amines) is 1. The number of furan rings is 1. The molecule has 1 aromatic rings. The summed E-state index contributed by atoms with van der Waals surface area (Å²) in [6, 6.07) is 1.79. The molecule has 0 spiro atoms. The van der Waals surface area contributed by atoms with Crippen LogP contribution in [0.1, 0.15) is 34.7 Å². The molecule has 0 bridgehead atoms. The predicted octanol–water partition coefficient (Wildman–Crippen LogP) is 1.74. The Kier molecular flexibility index (Phi) is 3.52. The van der Waals surface area contributed by atoms with Gasteiger partial charge in [0.2, 0.25) is 0 Å². The number of hydrogen-bond acceptors (Lipinski definition) is 3. The molecule has 17 heavy (non-hydrogen) atoms. The van der Waals surface area contributed by atoms with Gasteiger partial charge in [0.25, 0.3) is 5.91 Å². The van der Waals surface area contributed by atoms with Gasteiger partial charge in [0, 0.05) is 19.7 Å². The van der Waals surface area contributed by atoms with E-state index in [0.717, 1.165) is 25.1 Å². The quantitative estimate of drug-likeness (QED) is 0.852. The second-order valence-corrected chi connectivity index (χ2v) is 4.77. The summed E-state index contributed by atoms with van der Waals surface area (Å²) < 4.78 is 5.38. The highest BCUT2D eigenvalue weighted by Gasteiger charge is 2.26. The van der Waals surface area contributed by atoms with Gasteiger partial charge in [-0.2, -0.15) is 0 Å². The molecule has 1 fully saturated rings. The van der Waals surface area contributed by atoms with Crippen molar-refractivity contribution < 1.29 is 14.3 Å². The molecule has 2 heterocycles. The van der Waals surface area contributed by atoms with Gasteiger partial charge in [-0.1, -0.05) is 0 Å². The van der Waals surface area contributed by atoms with E-state index >= 15 is 0 Å². The van der Waals surface area contributed by atoms with Crippen LogP contribution < -0.4 is 0 Å². The van der Waals surface area contributed by atoms with Gasteiger partial charge in [0.1, 0.15) is 11.5 Å². The van der Waals surface area contributed by atoms with E-state index in [9.17, 15) is 4.79 Å². The molecule has 2 rings (SSSR count). The number of aryl methyl sites for hydroxylation is 2. The smallest absolute Gasteiger partial charge is 0.257 e. The average Bonchev–Trinajstić information content (AvgIpc) is 2.67. The van der Waals surface area contributed by atoms with Crippen LogP contribution in [0.5, 0.6) is 0 Å². The van der Waals surface area contributed by atoms with Gasteiger partial charge in [0.05, 0.1) is 5.56 Å². The Morgan fingerprint density at radius 1 is 1.59 bits per heavy atom. The molecule has 1 saturated heterocycles. The first-order chi connectivity index (χ1) is 8.11. The lowest BCUT2D eigenvalue weighted by Crippen LogP contribution is -2.41. The van der Waals surface area contributed by atoms with E-state index in [2.05, 4.69) is 0 Å². The Morgan fingerprint density at radius 3 is 2.94 bits per heavy atom. The lowest BCUT2D eigenvalue weighted by molar-refractivity contribution is 0.0619. The molecule has 0 radical (unpaired) electrons. The van der Waals surface area contributed by atoms with Crippen molar-refractivity contribution in [1.82, 2.24) is 4.90 Å². The molecule has 1 unspecified atom stereocenters. The molecule has 0 aliphatic carbocycles. The lowest BCUT2D eigenvalue weighted by Gasteiger charge is -2.31. The summed E-state index contributed by atoms with van der Waals surface area (Å²) in [6.45, 7) is 5.25. The highest BCUT2D eigenvalue weighted by Crippen LogP contribution is 2.21. The molecular weight excluding hydrogens is 218 g/mol. The maximum absolute atomic E-state index is 12.3. The normalized spacial score (nSPS) is 20.6. The zero-order valence-corrected chi connectivity index (χ0v) is 10.4. The minimum absolute atomic E-state index is 0.0255. The minimum atomic E-state index is 0.0255. The number of aliphatic hydroxyl groups excluding tert-OH is 1. The fourth-order valence-corrected chi connectivity index (χ4v) is 2.41. The highest BCUT2D eigenvalue weighted by atomic mass is 16.3. The van der Waals surface area contributed by atoms with E-state index < -0.39 is 0 Å². The van der Waals surface area contributed by atoms with Gasteiger partial charge in [-0.15, -0.1) is 0 Å². The number of rotatable bonds is 2. The molecule has 4 heteroatoms. The summed E-state index contributed by atoms with van der Waals surface area (Å²) in [5, 5.41) is 9.16. The fourth-order valence-electron chi connectivity index (χ4n) is 2.41. The van der Waals surface area contributed by atoms with Crippen molar-refractivity contribution >= 4 is 5.91 Å². The molecule has 4 nitrogen and oxygen atoms in total. The number of hydrogen-bond donors (Lipinski definition) is 1. The highest BCUT2D eigenvalue weighted by molar-refractivity contribution is 5.95. The Balaban J connectivity index is 2.12. The van der Waals surface area contributed by atoms with Crippen LogP contribution in [0.4, 0.5) is 0 Å². The molecule has 1 aliphatic heterocycles. The van der Waals surface area contributed by atoms with Crippen molar-refractivity contribution in [3.05, 3.63) is 23.2 Å². The third-order valence-corrected chi connectivity index (χ3v) is 3.34. The summed E-state index contributed by atoms with van der Waals surface area (Å²) in [6.07, 6.45) is 1.97. The summed E-state index contributed by atoms with van der Waals surface area (Å²) >= 11 is 0. The average molecular weight is 237 g/mol. The molecule has 0 saturated carbocycles. The first-order valence-electron chi connectivity index (χ1n) is 6.09. The lowest BCUT2D eigenvalue weighted by atomic mass is 9.98. The molecule has 1 aliphatic rings. The molecule has 0 aromatic carbocycles. The molecular formula is C13H19NO3. The monoisotopic (exact) mass is 237 g/mol. The van der Waals surface area contributed by atoms with Crippen molar-refractivity contribution in [2.75, 3.05) is 19.7 Å². The third kappa shape index (κ3) is 2.52. The van der Waals surface area contributed by atoms with Gasteiger partial charge >= 0.3 is 0 Å². The zero-order valence-electron chi connectivity index (χ0n) is 10.4. The summed E-state index contributed by atoms with van der Waals surface area (Å²) in [4.78, 5) is 14.1. The topological polar surface area (TPSA) is 53.7 Å². The zero-order chi connectivity index (χ0) is 12.4. The first kappa shape index (κ1) is 12.2. The van der Waals surface area contributed by atoms with E-state index in [4.69, 9.17) is 9.52 Å². The molecule has 1 N–H and O–H groups in total. The number of carbonyl (C=O) groups excluding carboxylic acids is 1. The van der Waals surface area contributed by atoms with Crippen molar-refractivity contribution in [1.29, 1.82) is 0 Å². The van der Waals surface area contributed by atoms with Crippen molar-refractivity contribution in [2.24, 2.45) is 5.92 Å². The van der Waals surface area contributed by atoms with Crippen LogP contribution in [-0.4, -0.2) is 35.6 Å². The molecule has 1 atom stereocenters. The van der Waals surface area contributed by atoms with E-state index in [1.807, 2.05) is 18.7 Å². The van der Waals surface area contributed by atoms with Gasteiger partial charge in [-0.3, -0.25) is 4.79 Å². The number of carbonyl (C=O) groups is 1. The SMILES string of the molecule is Cc1cc(C(=O)N2CCCC(CO)C2)c(C)o1. The van der Waals surface area contributed by atoms with Crippen LogP contribution in [0, 0.1) is 19.8 Å². The van der Waals surface area contributed by atoms with Crippen LogP contribution >= 0.6 is 0 Å². The number of nitrogens with zero attached hydrogens (tertiary/aromatic N) is 1. The van der Waals surface area contributed by atoms with E-state index in [1.54, 1.807) is 6.07 Å². The van der Waals surface area contributed by atoms with Crippen molar-refractivity contribution in [2.45, 2.75) is 26.7 Å². The van der Waals surface area contributed by atoms with Crippen LogP contribution in [-0.2, 0) is 0 Å².